The zero-order valence-electron chi connectivity index (χ0n) is 8.56. The van der Waals surface area contributed by atoms with Gasteiger partial charge in [0.1, 0.15) is 6.33 Å². The molecule has 0 spiro atoms. The highest BCUT2D eigenvalue weighted by Crippen LogP contribution is 2.34. The number of hydrogen-bond donors (Lipinski definition) is 1. The summed E-state index contributed by atoms with van der Waals surface area (Å²) in [5.41, 5.74) is 0.361. The molecule has 80 valence electrons. The molecule has 1 aromatic heterocycles. The zero-order chi connectivity index (χ0) is 10.4. The van der Waals surface area contributed by atoms with Gasteiger partial charge in [-0.3, -0.25) is 0 Å². The number of rotatable bonds is 6. The van der Waals surface area contributed by atoms with Crippen molar-refractivity contribution in [3.63, 3.8) is 0 Å². The molecular weight excluding hydrogens is 232 g/mol. The minimum absolute atomic E-state index is 0.361. The van der Waals surface area contributed by atoms with Gasteiger partial charge in [-0.1, -0.05) is 25.6 Å². The van der Waals surface area contributed by atoms with E-state index >= 15 is 0 Å². The van der Waals surface area contributed by atoms with Gasteiger partial charge in [-0.05, 0) is 35.5 Å². The third-order valence-corrected chi connectivity index (χ3v) is 5.50. The number of thioether (sulfide) groups is 1. The van der Waals surface area contributed by atoms with E-state index in [-0.39, 0.29) is 0 Å². The van der Waals surface area contributed by atoms with Crippen LogP contribution in [-0.2, 0) is 0 Å². The van der Waals surface area contributed by atoms with Gasteiger partial charge in [0.05, 0.1) is 0 Å². The number of nitrogens with zero attached hydrogens (tertiary/aromatic N) is 2. The Labute approximate surface area is 99.5 Å². The fraction of sp³-hybridized carbons (Fsp3) is 0.778. The second-order valence-corrected chi connectivity index (χ2v) is 5.68. The SMILES string of the molecule is CCC(CC)(CS)CSc1ncns1. The first-order chi connectivity index (χ1) is 6.76. The van der Waals surface area contributed by atoms with E-state index in [0.717, 1.165) is 15.8 Å². The van der Waals surface area contributed by atoms with E-state index in [0.29, 0.717) is 5.41 Å². The maximum absolute atomic E-state index is 4.45. The topological polar surface area (TPSA) is 25.8 Å². The van der Waals surface area contributed by atoms with Crippen molar-refractivity contribution in [2.24, 2.45) is 5.41 Å². The molecule has 0 aromatic carbocycles. The van der Waals surface area contributed by atoms with Crippen LogP contribution in [0.2, 0.25) is 0 Å². The summed E-state index contributed by atoms with van der Waals surface area (Å²) in [6.45, 7) is 4.47. The summed E-state index contributed by atoms with van der Waals surface area (Å²) in [5.74, 6) is 2.05. The van der Waals surface area contributed by atoms with Gasteiger partial charge >= 0.3 is 0 Å². The smallest absolute Gasteiger partial charge is 0.169 e. The molecule has 1 heterocycles. The van der Waals surface area contributed by atoms with Crippen molar-refractivity contribution >= 4 is 35.9 Å². The highest BCUT2D eigenvalue weighted by Gasteiger charge is 2.24. The van der Waals surface area contributed by atoms with Gasteiger partial charge < -0.3 is 0 Å². The normalized spacial score (nSPS) is 11.9. The van der Waals surface area contributed by atoms with Gasteiger partial charge in [-0.15, -0.1) is 0 Å². The number of hydrogen-bond acceptors (Lipinski definition) is 5. The average Bonchev–Trinajstić information content (AvgIpc) is 2.74. The van der Waals surface area contributed by atoms with E-state index in [9.17, 15) is 0 Å². The molecule has 14 heavy (non-hydrogen) atoms. The summed E-state index contributed by atoms with van der Waals surface area (Å²) in [5, 5.41) is 0. The molecule has 0 amide bonds. The number of thiol groups is 1. The largest absolute Gasteiger partial charge is 0.216 e. The lowest BCUT2D eigenvalue weighted by Crippen LogP contribution is -2.24. The van der Waals surface area contributed by atoms with Crippen molar-refractivity contribution in [1.82, 2.24) is 9.36 Å². The predicted molar refractivity (Wildman–Crippen MR) is 67.5 cm³/mol. The minimum Gasteiger partial charge on any atom is -0.216 e. The molecule has 0 saturated carbocycles. The van der Waals surface area contributed by atoms with E-state index in [1.807, 2.05) is 0 Å². The van der Waals surface area contributed by atoms with Crippen molar-refractivity contribution in [2.45, 2.75) is 31.0 Å². The quantitative estimate of drug-likeness (QED) is 0.617. The van der Waals surface area contributed by atoms with E-state index < -0.39 is 0 Å². The molecule has 1 rings (SSSR count). The molecule has 0 unspecified atom stereocenters. The second kappa shape index (κ2) is 5.98. The van der Waals surface area contributed by atoms with Crippen LogP contribution in [0.3, 0.4) is 0 Å². The molecule has 0 saturated heterocycles. The Balaban J connectivity index is 2.48. The van der Waals surface area contributed by atoms with E-state index in [2.05, 4.69) is 35.8 Å². The highest BCUT2D eigenvalue weighted by atomic mass is 32.2. The Hall–Kier alpha value is 0.260. The van der Waals surface area contributed by atoms with E-state index in [1.165, 1.54) is 24.4 Å². The molecule has 0 N–H and O–H groups in total. The van der Waals surface area contributed by atoms with Crippen LogP contribution in [0.4, 0.5) is 0 Å². The summed E-state index contributed by atoms with van der Waals surface area (Å²) in [6.07, 6.45) is 3.98. The van der Waals surface area contributed by atoms with Crippen molar-refractivity contribution in [2.75, 3.05) is 11.5 Å². The standard InChI is InChI=1S/C9H16N2S3/c1-3-9(4-2,5-12)6-13-8-10-7-11-14-8/h7,12H,3-6H2,1-2H3. The lowest BCUT2D eigenvalue weighted by molar-refractivity contribution is 0.357. The van der Waals surface area contributed by atoms with Crippen LogP contribution >= 0.6 is 35.9 Å². The van der Waals surface area contributed by atoms with Gasteiger partial charge in [-0.25, -0.2) is 4.98 Å². The third-order valence-electron chi connectivity index (χ3n) is 2.68. The summed E-state index contributed by atoms with van der Waals surface area (Å²) >= 11 is 7.72. The van der Waals surface area contributed by atoms with Crippen LogP contribution in [0, 0.1) is 5.41 Å². The Kier molecular flexibility index (Phi) is 5.26. The molecule has 0 bridgehead atoms. The Morgan fingerprint density at radius 2 is 2.21 bits per heavy atom. The summed E-state index contributed by atoms with van der Waals surface area (Å²) in [4.78, 5) is 4.17. The van der Waals surface area contributed by atoms with Crippen LogP contribution in [0.1, 0.15) is 26.7 Å². The monoisotopic (exact) mass is 248 g/mol. The van der Waals surface area contributed by atoms with Crippen LogP contribution < -0.4 is 0 Å². The molecule has 2 nitrogen and oxygen atoms in total. The molecule has 1 aromatic rings. The van der Waals surface area contributed by atoms with Crippen molar-refractivity contribution in [3.05, 3.63) is 6.33 Å². The Bertz CT molecular complexity index is 236. The Morgan fingerprint density at radius 1 is 1.50 bits per heavy atom. The molecule has 0 aliphatic carbocycles. The molecule has 0 fully saturated rings. The molecule has 0 atom stereocenters. The fourth-order valence-corrected chi connectivity index (χ4v) is 3.73. The maximum Gasteiger partial charge on any atom is 0.169 e. The van der Waals surface area contributed by atoms with Gasteiger partial charge in [0.15, 0.2) is 4.34 Å². The lowest BCUT2D eigenvalue weighted by atomic mass is 9.87. The van der Waals surface area contributed by atoms with Gasteiger partial charge in [0.25, 0.3) is 0 Å². The summed E-state index contributed by atoms with van der Waals surface area (Å²) in [7, 11) is 0. The van der Waals surface area contributed by atoms with Crippen molar-refractivity contribution in [3.8, 4) is 0 Å². The van der Waals surface area contributed by atoms with Gasteiger partial charge in [0.2, 0.25) is 0 Å². The van der Waals surface area contributed by atoms with Crippen molar-refractivity contribution < 1.29 is 0 Å². The molecule has 0 aliphatic rings. The molecular formula is C9H16N2S3. The van der Waals surface area contributed by atoms with Crippen LogP contribution in [0.25, 0.3) is 0 Å². The maximum atomic E-state index is 4.45. The number of aromatic nitrogens is 2. The van der Waals surface area contributed by atoms with E-state index in [1.54, 1.807) is 18.1 Å². The Morgan fingerprint density at radius 3 is 2.64 bits per heavy atom. The summed E-state index contributed by atoms with van der Waals surface area (Å²) < 4.78 is 5.06. The van der Waals surface area contributed by atoms with Crippen LogP contribution in [0.5, 0.6) is 0 Å². The first-order valence-electron chi connectivity index (χ1n) is 4.76. The lowest BCUT2D eigenvalue weighted by Gasteiger charge is -2.28. The highest BCUT2D eigenvalue weighted by molar-refractivity contribution is 8.01. The summed E-state index contributed by atoms with van der Waals surface area (Å²) in [6, 6.07) is 0. The van der Waals surface area contributed by atoms with Crippen molar-refractivity contribution in [1.29, 1.82) is 0 Å². The molecule has 5 heteroatoms. The molecule has 0 aliphatic heterocycles. The fourth-order valence-electron chi connectivity index (χ4n) is 1.16. The van der Waals surface area contributed by atoms with E-state index in [4.69, 9.17) is 0 Å². The van der Waals surface area contributed by atoms with Crippen LogP contribution in [-0.4, -0.2) is 20.9 Å². The predicted octanol–water partition coefficient (Wildman–Crippen LogP) is 3.37. The second-order valence-electron chi connectivity index (χ2n) is 3.36. The van der Waals surface area contributed by atoms with Gasteiger partial charge in [-0.2, -0.15) is 17.0 Å². The third kappa shape index (κ3) is 3.14. The van der Waals surface area contributed by atoms with Gasteiger partial charge in [0, 0.05) is 5.75 Å². The first-order valence-corrected chi connectivity index (χ1v) is 7.16. The first kappa shape index (κ1) is 12.3. The average molecular weight is 248 g/mol. The van der Waals surface area contributed by atoms with Crippen LogP contribution in [0.15, 0.2) is 10.7 Å². The minimum atomic E-state index is 0.361. The zero-order valence-corrected chi connectivity index (χ0v) is 11.1. The molecule has 0 radical (unpaired) electrons.